The van der Waals surface area contributed by atoms with E-state index in [1.54, 1.807) is 14.2 Å². The molecule has 0 bridgehead atoms. The summed E-state index contributed by atoms with van der Waals surface area (Å²) in [4.78, 5) is 0. The minimum absolute atomic E-state index is 0.470. The fraction of sp³-hybridized carbons (Fsp3) is 0.333. The summed E-state index contributed by atoms with van der Waals surface area (Å²) in [6.07, 6.45) is 3.23. The molecule has 1 aliphatic carbocycles. The fourth-order valence-corrected chi connectivity index (χ4v) is 3.01. The Morgan fingerprint density at radius 3 is 2.52 bits per heavy atom. The van der Waals surface area contributed by atoms with E-state index >= 15 is 0 Å². The molecule has 1 unspecified atom stereocenters. The zero-order valence-corrected chi connectivity index (χ0v) is 12.6. The molecule has 2 aromatic rings. The highest BCUT2D eigenvalue weighted by Crippen LogP contribution is 2.30. The molecule has 3 nitrogen and oxygen atoms in total. The third-order valence-corrected chi connectivity index (χ3v) is 4.12. The molecule has 1 N–H and O–H groups in total. The molecule has 2 aromatic carbocycles. The number of ether oxygens (including phenoxy) is 2. The average Bonchev–Trinajstić information content (AvgIpc) is 2.54. The van der Waals surface area contributed by atoms with Gasteiger partial charge in [0.1, 0.15) is 11.5 Å². The first-order chi connectivity index (χ1) is 10.3. The number of fused-ring (bicyclic) bond motifs is 1. The van der Waals surface area contributed by atoms with Crippen LogP contribution in [0.15, 0.2) is 42.5 Å². The standard InChI is InChI=1S/C18H21NO2/c1-20-16-9-6-14(7-10-16)19-15-8-11-17-13(12-15)4-3-5-18(17)21-2/h3-7,9-10,15,19H,8,11-12H2,1-2H3. The lowest BCUT2D eigenvalue weighted by Gasteiger charge is -2.27. The zero-order chi connectivity index (χ0) is 14.7. The van der Waals surface area contributed by atoms with Crippen molar-refractivity contribution in [2.24, 2.45) is 0 Å². The molecule has 0 saturated carbocycles. The molecule has 1 aliphatic rings. The van der Waals surface area contributed by atoms with Crippen molar-refractivity contribution >= 4 is 5.69 Å². The Hall–Kier alpha value is -2.16. The number of rotatable bonds is 4. The lowest BCUT2D eigenvalue weighted by atomic mass is 9.87. The maximum Gasteiger partial charge on any atom is 0.122 e. The van der Waals surface area contributed by atoms with E-state index in [1.165, 1.54) is 11.1 Å². The van der Waals surface area contributed by atoms with E-state index in [9.17, 15) is 0 Å². The Kier molecular flexibility index (Phi) is 4.00. The van der Waals surface area contributed by atoms with Gasteiger partial charge >= 0.3 is 0 Å². The van der Waals surface area contributed by atoms with Gasteiger partial charge in [-0.1, -0.05) is 12.1 Å². The van der Waals surface area contributed by atoms with Crippen molar-refractivity contribution in [3.63, 3.8) is 0 Å². The third-order valence-electron chi connectivity index (χ3n) is 4.12. The van der Waals surface area contributed by atoms with Crippen LogP contribution in [0.2, 0.25) is 0 Å². The molecule has 0 heterocycles. The highest BCUT2D eigenvalue weighted by molar-refractivity contribution is 5.49. The first-order valence-corrected chi connectivity index (χ1v) is 7.35. The summed E-state index contributed by atoms with van der Waals surface area (Å²) in [5.41, 5.74) is 3.91. The number of hydrogen-bond donors (Lipinski definition) is 1. The second-order valence-corrected chi connectivity index (χ2v) is 5.41. The van der Waals surface area contributed by atoms with Gasteiger partial charge in [-0.15, -0.1) is 0 Å². The second-order valence-electron chi connectivity index (χ2n) is 5.41. The van der Waals surface area contributed by atoms with Gasteiger partial charge in [-0.2, -0.15) is 0 Å². The highest BCUT2D eigenvalue weighted by atomic mass is 16.5. The van der Waals surface area contributed by atoms with Crippen LogP contribution in [-0.4, -0.2) is 20.3 Å². The number of benzene rings is 2. The molecule has 0 aliphatic heterocycles. The van der Waals surface area contributed by atoms with E-state index in [2.05, 4.69) is 35.6 Å². The van der Waals surface area contributed by atoms with Crippen LogP contribution in [0.25, 0.3) is 0 Å². The Bertz CT molecular complexity index is 607. The van der Waals surface area contributed by atoms with Gasteiger partial charge in [0.25, 0.3) is 0 Å². The third kappa shape index (κ3) is 2.97. The molecule has 0 aromatic heterocycles. The molecule has 21 heavy (non-hydrogen) atoms. The van der Waals surface area contributed by atoms with E-state index in [4.69, 9.17) is 9.47 Å². The van der Waals surface area contributed by atoms with Gasteiger partial charge in [-0.05, 0) is 60.7 Å². The van der Waals surface area contributed by atoms with Crippen molar-refractivity contribution < 1.29 is 9.47 Å². The van der Waals surface area contributed by atoms with Crippen LogP contribution in [-0.2, 0) is 12.8 Å². The van der Waals surface area contributed by atoms with Gasteiger partial charge in [0.05, 0.1) is 14.2 Å². The number of hydrogen-bond acceptors (Lipinski definition) is 3. The molecule has 0 saturated heterocycles. The Labute approximate surface area is 125 Å². The zero-order valence-electron chi connectivity index (χ0n) is 12.6. The Morgan fingerprint density at radius 2 is 1.81 bits per heavy atom. The number of nitrogens with one attached hydrogen (secondary N) is 1. The van der Waals surface area contributed by atoms with Crippen LogP contribution in [0, 0.1) is 0 Å². The molecule has 0 fully saturated rings. The summed E-state index contributed by atoms with van der Waals surface area (Å²) in [6.45, 7) is 0. The predicted octanol–water partition coefficient (Wildman–Crippen LogP) is 3.67. The van der Waals surface area contributed by atoms with Gasteiger partial charge < -0.3 is 14.8 Å². The predicted molar refractivity (Wildman–Crippen MR) is 85.4 cm³/mol. The van der Waals surface area contributed by atoms with Crippen LogP contribution in [0.4, 0.5) is 5.69 Å². The van der Waals surface area contributed by atoms with Crippen molar-refractivity contribution in [3.05, 3.63) is 53.6 Å². The summed E-state index contributed by atoms with van der Waals surface area (Å²) in [7, 11) is 3.44. The monoisotopic (exact) mass is 283 g/mol. The van der Waals surface area contributed by atoms with Crippen LogP contribution < -0.4 is 14.8 Å². The van der Waals surface area contributed by atoms with Crippen molar-refractivity contribution in [2.45, 2.75) is 25.3 Å². The first-order valence-electron chi connectivity index (χ1n) is 7.35. The normalized spacial score (nSPS) is 17.0. The van der Waals surface area contributed by atoms with Gasteiger partial charge in [0, 0.05) is 11.7 Å². The average molecular weight is 283 g/mol. The summed E-state index contributed by atoms with van der Waals surface area (Å²) in [5, 5.41) is 3.61. The lowest BCUT2D eigenvalue weighted by Crippen LogP contribution is -2.27. The van der Waals surface area contributed by atoms with Crippen molar-refractivity contribution in [2.75, 3.05) is 19.5 Å². The SMILES string of the molecule is COc1ccc(NC2CCc3c(cccc3OC)C2)cc1. The van der Waals surface area contributed by atoms with Gasteiger partial charge in [-0.25, -0.2) is 0 Å². The molecule has 110 valence electrons. The maximum absolute atomic E-state index is 5.46. The largest absolute Gasteiger partial charge is 0.497 e. The number of methoxy groups -OCH3 is 2. The minimum Gasteiger partial charge on any atom is -0.497 e. The van der Waals surface area contributed by atoms with E-state index in [0.717, 1.165) is 36.4 Å². The maximum atomic E-state index is 5.46. The van der Waals surface area contributed by atoms with Crippen LogP contribution in [0.1, 0.15) is 17.5 Å². The Morgan fingerprint density at radius 1 is 1.00 bits per heavy atom. The molecule has 0 amide bonds. The summed E-state index contributed by atoms with van der Waals surface area (Å²) in [6, 6.07) is 14.9. The topological polar surface area (TPSA) is 30.5 Å². The summed E-state index contributed by atoms with van der Waals surface area (Å²) in [5.74, 6) is 1.91. The number of anilines is 1. The fourth-order valence-electron chi connectivity index (χ4n) is 3.01. The summed E-state index contributed by atoms with van der Waals surface area (Å²) < 4.78 is 10.6. The van der Waals surface area contributed by atoms with Crippen molar-refractivity contribution in [1.29, 1.82) is 0 Å². The second kappa shape index (κ2) is 6.08. The molecule has 0 spiro atoms. The molecular formula is C18H21NO2. The van der Waals surface area contributed by atoms with Crippen molar-refractivity contribution in [3.8, 4) is 11.5 Å². The van der Waals surface area contributed by atoms with E-state index in [-0.39, 0.29) is 0 Å². The first kappa shape index (κ1) is 13.8. The van der Waals surface area contributed by atoms with Crippen LogP contribution >= 0.6 is 0 Å². The van der Waals surface area contributed by atoms with Gasteiger partial charge in [0.15, 0.2) is 0 Å². The molecule has 0 radical (unpaired) electrons. The van der Waals surface area contributed by atoms with Crippen LogP contribution in [0.3, 0.4) is 0 Å². The van der Waals surface area contributed by atoms with E-state index < -0.39 is 0 Å². The smallest absolute Gasteiger partial charge is 0.122 e. The van der Waals surface area contributed by atoms with Crippen molar-refractivity contribution in [1.82, 2.24) is 0 Å². The van der Waals surface area contributed by atoms with Gasteiger partial charge in [0.2, 0.25) is 0 Å². The quantitative estimate of drug-likeness (QED) is 0.928. The lowest BCUT2D eigenvalue weighted by molar-refractivity contribution is 0.405. The van der Waals surface area contributed by atoms with E-state index in [0.29, 0.717) is 6.04 Å². The molecule has 3 rings (SSSR count). The highest BCUT2D eigenvalue weighted by Gasteiger charge is 2.20. The molecule has 1 atom stereocenters. The summed E-state index contributed by atoms with van der Waals surface area (Å²) >= 11 is 0. The minimum atomic E-state index is 0.470. The van der Waals surface area contributed by atoms with Gasteiger partial charge in [-0.3, -0.25) is 0 Å². The Balaban J connectivity index is 1.71. The van der Waals surface area contributed by atoms with Crippen LogP contribution in [0.5, 0.6) is 11.5 Å². The molecule has 3 heteroatoms. The molecular weight excluding hydrogens is 262 g/mol. The van der Waals surface area contributed by atoms with E-state index in [1.807, 2.05) is 12.1 Å².